The predicted octanol–water partition coefficient (Wildman–Crippen LogP) is 2.03. The van der Waals surface area contributed by atoms with Crippen molar-refractivity contribution in [2.75, 3.05) is 17.2 Å². The van der Waals surface area contributed by atoms with E-state index in [0.29, 0.717) is 18.2 Å². The van der Waals surface area contributed by atoms with E-state index in [2.05, 4.69) is 27.5 Å². The molecule has 1 aromatic heterocycles. The van der Waals surface area contributed by atoms with Gasteiger partial charge in [-0.25, -0.2) is 4.98 Å². The van der Waals surface area contributed by atoms with Crippen molar-refractivity contribution in [3.05, 3.63) is 12.4 Å². The smallest absolute Gasteiger partial charge is 0.147 e. The maximum Gasteiger partial charge on any atom is 0.147 e. The van der Waals surface area contributed by atoms with E-state index in [9.17, 15) is 0 Å². The molecule has 3 unspecified atom stereocenters. The molecule has 5 nitrogen and oxygen atoms in total. The lowest BCUT2D eigenvalue weighted by Gasteiger charge is -2.20. The van der Waals surface area contributed by atoms with E-state index in [4.69, 9.17) is 4.74 Å². The molecular weight excluding hydrogens is 228 g/mol. The van der Waals surface area contributed by atoms with Crippen LogP contribution >= 0.6 is 0 Å². The second-order valence-corrected chi connectivity index (χ2v) is 5.08. The Bertz CT molecular complexity index is 412. The maximum atomic E-state index is 5.83. The van der Waals surface area contributed by atoms with Gasteiger partial charge < -0.3 is 15.4 Å². The summed E-state index contributed by atoms with van der Waals surface area (Å²) in [5.74, 6) is 1.68. The molecule has 2 N–H and O–H groups in total. The van der Waals surface area contributed by atoms with Gasteiger partial charge in [-0.05, 0) is 25.7 Å². The van der Waals surface area contributed by atoms with Crippen LogP contribution in [0, 0.1) is 0 Å². The molecule has 0 aromatic carbocycles. The highest BCUT2D eigenvalue weighted by molar-refractivity contribution is 5.42. The molecule has 0 aliphatic carbocycles. The SMILES string of the molecule is CCCNc1cncc(NC2CC3CCC2O3)n1. The third kappa shape index (κ3) is 2.41. The number of fused-ring (bicyclic) bond motifs is 2. The van der Waals surface area contributed by atoms with Gasteiger partial charge in [-0.2, -0.15) is 0 Å². The quantitative estimate of drug-likeness (QED) is 0.835. The molecule has 2 saturated heterocycles. The highest BCUT2D eigenvalue weighted by Crippen LogP contribution is 2.35. The van der Waals surface area contributed by atoms with Gasteiger partial charge in [-0.1, -0.05) is 6.92 Å². The Morgan fingerprint density at radius 2 is 2.22 bits per heavy atom. The summed E-state index contributed by atoms with van der Waals surface area (Å²) in [6.45, 7) is 3.06. The molecule has 3 atom stereocenters. The lowest BCUT2D eigenvalue weighted by atomic mass is 9.95. The number of nitrogens with zero attached hydrogens (tertiary/aromatic N) is 2. The van der Waals surface area contributed by atoms with E-state index in [0.717, 1.165) is 31.0 Å². The molecule has 5 heteroatoms. The second kappa shape index (κ2) is 5.10. The summed E-state index contributed by atoms with van der Waals surface area (Å²) in [5.41, 5.74) is 0. The highest BCUT2D eigenvalue weighted by Gasteiger charge is 2.40. The first-order valence-corrected chi connectivity index (χ1v) is 6.83. The maximum absolute atomic E-state index is 5.83. The van der Waals surface area contributed by atoms with E-state index >= 15 is 0 Å². The molecule has 0 saturated carbocycles. The van der Waals surface area contributed by atoms with Crippen LogP contribution in [0.3, 0.4) is 0 Å². The Morgan fingerprint density at radius 1 is 1.33 bits per heavy atom. The fourth-order valence-corrected chi connectivity index (χ4v) is 2.75. The Morgan fingerprint density at radius 3 is 2.94 bits per heavy atom. The van der Waals surface area contributed by atoms with Crippen molar-refractivity contribution in [2.24, 2.45) is 0 Å². The van der Waals surface area contributed by atoms with Crippen molar-refractivity contribution in [1.29, 1.82) is 0 Å². The van der Waals surface area contributed by atoms with Gasteiger partial charge in [0, 0.05) is 6.54 Å². The third-order valence-electron chi connectivity index (χ3n) is 3.63. The first-order valence-electron chi connectivity index (χ1n) is 6.83. The normalized spacial score (nSPS) is 29.5. The summed E-state index contributed by atoms with van der Waals surface area (Å²) in [4.78, 5) is 8.73. The molecule has 2 bridgehead atoms. The zero-order chi connectivity index (χ0) is 12.4. The van der Waals surface area contributed by atoms with Gasteiger partial charge in [0.1, 0.15) is 11.6 Å². The van der Waals surface area contributed by atoms with Crippen molar-refractivity contribution >= 4 is 11.6 Å². The van der Waals surface area contributed by atoms with Gasteiger partial charge >= 0.3 is 0 Å². The zero-order valence-corrected chi connectivity index (χ0v) is 10.7. The molecule has 3 heterocycles. The highest BCUT2D eigenvalue weighted by atomic mass is 16.5. The summed E-state index contributed by atoms with van der Waals surface area (Å²) >= 11 is 0. The van der Waals surface area contributed by atoms with Gasteiger partial charge in [-0.3, -0.25) is 4.98 Å². The molecule has 2 fully saturated rings. The topological polar surface area (TPSA) is 59.1 Å². The van der Waals surface area contributed by atoms with Crippen LogP contribution in [-0.2, 0) is 4.74 Å². The minimum Gasteiger partial charge on any atom is -0.373 e. The van der Waals surface area contributed by atoms with Crippen LogP contribution in [0.1, 0.15) is 32.6 Å². The van der Waals surface area contributed by atoms with Crippen molar-refractivity contribution in [3.63, 3.8) is 0 Å². The first-order chi connectivity index (χ1) is 8.85. The van der Waals surface area contributed by atoms with Gasteiger partial charge in [0.25, 0.3) is 0 Å². The van der Waals surface area contributed by atoms with Crippen molar-refractivity contribution in [2.45, 2.75) is 50.9 Å². The Hall–Kier alpha value is -1.36. The van der Waals surface area contributed by atoms with Crippen molar-refractivity contribution in [1.82, 2.24) is 9.97 Å². The van der Waals surface area contributed by atoms with Crippen LogP contribution in [0.25, 0.3) is 0 Å². The number of rotatable bonds is 5. The number of aromatic nitrogens is 2. The van der Waals surface area contributed by atoms with E-state index in [1.807, 2.05) is 0 Å². The fraction of sp³-hybridized carbons (Fsp3) is 0.692. The number of hydrogen-bond donors (Lipinski definition) is 2. The molecule has 98 valence electrons. The van der Waals surface area contributed by atoms with Gasteiger partial charge in [0.05, 0.1) is 30.6 Å². The number of ether oxygens (including phenoxy) is 1. The largest absolute Gasteiger partial charge is 0.373 e. The van der Waals surface area contributed by atoms with Crippen molar-refractivity contribution in [3.8, 4) is 0 Å². The second-order valence-electron chi connectivity index (χ2n) is 5.08. The molecular formula is C13H20N4O. The zero-order valence-electron chi connectivity index (χ0n) is 10.7. The third-order valence-corrected chi connectivity index (χ3v) is 3.63. The molecule has 0 amide bonds. The summed E-state index contributed by atoms with van der Waals surface area (Å²) in [5, 5.41) is 6.70. The average molecular weight is 248 g/mol. The monoisotopic (exact) mass is 248 g/mol. The molecule has 1 aromatic rings. The van der Waals surface area contributed by atoms with E-state index < -0.39 is 0 Å². The molecule has 2 aliphatic rings. The summed E-state index contributed by atoms with van der Waals surface area (Å²) < 4.78 is 5.83. The number of nitrogens with one attached hydrogen (secondary N) is 2. The standard InChI is InChI=1S/C13H20N4O/c1-2-5-15-12-7-14-8-13(17-12)16-10-6-9-3-4-11(10)18-9/h7-11H,2-6H2,1H3,(H2,15,16,17). The summed E-state index contributed by atoms with van der Waals surface area (Å²) in [6, 6.07) is 0.402. The molecule has 0 radical (unpaired) electrons. The minimum absolute atomic E-state index is 0.365. The van der Waals surface area contributed by atoms with Gasteiger partial charge in [-0.15, -0.1) is 0 Å². The van der Waals surface area contributed by atoms with Crippen LogP contribution in [0.15, 0.2) is 12.4 Å². The lowest BCUT2D eigenvalue weighted by molar-refractivity contribution is 0.102. The minimum atomic E-state index is 0.365. The number of hydrogen-bond acceptors (Lipinski definition) is 5. The van der Waals surface area contributed by atoms with E-state index in [-0.39, 0.29) is 0 Å². The van der Waals surface area contributed by atoms with Crippen LogP contribution in [0.2, 0.25) is 0 Å². The molecule has 3 rings (SSSR count). The lowest BCUT2D eigenvalue weighted by Crippen LogP contribution is -2.30. The van der Waals surface area contributed by atoms with Crippen molar-refractivity contribution < 1.29 is 4.74 Å². The summed E-state index contributed by atoms with van der Waals surface area (Å²) in [7, 11) is 0. The average Bonchev–Trinajstić information content (AvgIpc) is 2.99. The molecule has 2 aliphatic heterocycles. The van der Waals surface area contributed by atoms with E-state index in [1.165, 1.54) is 12.8 Å². The van der Waals surface area contributed by atoms with E-state index in [1.54, 1.807) is 12.4 Å². The number of anilines is 2. The van der Waals surface area contributed by atoms with Gasteiger partial charge in [0.15, 0.2) is 0 Å². The summed E-state index contributed by atoms with van der Waals surface area (Å²) in [6.07, 6.45) is 8.93. The van der Waals surface area contributed by atoms with Gasteiger partial charge in [0.2, 0.25) is 0 Å². The first kappa shape index (κ1) is 11.7. The Kier molecular flexibility index (Phi) is 3.32. The molecule has 18 heavy (non-hydrogen) atoms. The fourth-order valence-electron chi connectivity index (χ4n) is 2.75. The van der Waals surface area contributed by atoms with Crippen LogP contribution < -0.4 is 10.6 Å². The van der Waals surface area contributed by atoms with Crippen LogP contribution in [0.5, 0.6) is 0 Å². The predicted molar refractivity (Wildman–Crippen MR) is 70.7 cm³/mol. The Labute approximate surface area is 107 Å². The Balaban J connectivity index is 1.62. The molecule has 0 spiro atoms. The van der Waals surface area contributed by atoms with Crippen LogP contribution in [0.4, 0.5) is 11.6 Å². The van der Waals surface area contributed by atoms with Crippen LogP contribution in [-0.4, -0.2) is 34.8 Å².